The van der Waals surface area contributed by atoms with Gasteiger partial charge in [-0.3, -0.25) is 0 Å². The van der Waals surface area contributed by atoms with Crippen LogP contribution in [0.2, 0.25) is 10.0 Å². The maximum absolute atomic E-state index is 12.8. The number of phenolic OH excluding ortho intramolecular Hbond substituents is 2. The summed E-state index contributed by atoms with van der Waals surface area (Å²) in [4.78, 5) is 25.0. The van der Waals surface area contributed by atoms with Gasteiger partial charge in [0.25, 0.3) is 0 Å². The van der Waals surface area contributed by atoms with E-state index in [1.165, 1.54) is 18.2 Å². The molecule has 0 radical (unpaired) electrons. The first-order valence-electron chi connectivity index (χ1n) is 8.59. The van der Waals surface area contributed by atoms with Crippen molar-refractivity contribution in [3.63, 3.8) is 0 Å². The van der Waals surface area contributed by atoms with Gasteiger partial charge in [-0.25, -0.2) is 9.59 Å². The number of halogens is 2. The van der Waals surface area contributed by atoms with Gasteiger partial charge in [-0.05, 0) is 18.2 Å². The normalized spacial score (nSPS) is 18.3. The Balaban J connectivity index is 2.02. The average Bonchev–Trinajstić information content (AvgIpc) is 3.00. The molecule has 3 N–H and O–H groups in total. The van der Waals surface area contributed by atoms with Crippen LogP contribution in [0.3, 0.4) is 0 Å². The van der Waals surface area contributed by atoms with Crippen molar-refractivity contribution < 1.29 is 34.4 Å². The maximum Gasteiger partial charge on any atom is 0.340 e. The number of esters is 1. The van der Waals surface area contributed by atoms with Crippen molar-refractivity contribution in [3.05, 3.63) is 80.3 Å². The Labute approximate surface area is 178 Å². The van der Waals surface area contributed by atoms with Crippen LogP contribution in [0.25, 0.3) is 0 Å². The number of carboxylic acid groups (broad SMARTS) is 1. The Bertz CT molecular complexity index is 1300. The first-order valence-corrected chi connectivity index (χ1v) is 9.34. The molecule has 5 rings (SSSR count). The van der Waals surface area contributed by atoms with E-state index in [1.807, 2.05) is 0 Å². The molecule has 0 saturated carbocycles. The van der Waals surface area contributed by atoms with E-state index in [9.17, 15) is 24.9 Å². The molecule has 2 aliphatic rings. The van der Waals surface area contributed by atoms with Crippen LogP contribution in [0.1, 0.15) is 37.4 Å². The van der Waals surface area contributed by atoms with E-state index in [4.69, 9.17) is 32.7 Å². The molecule has 3 aromatic carbocycles. The molecule has 9 heteroatoms. The third-order valence-electron chi connectivity index (χ3n) is 5.21. The lowest BCUT2D eigenvalue weighted by Crippen LogP contribution is -2.35. The first-order chi connectivity index (χ1) is 14.3. The molecule has 0 aliphatic carbocycles. The van der Waals surface area contributed by atoms with Crippen molar-refractivity contribution in [2.45, 2.75) is 5.60 Å². The van der Waals surface area contributed by atoms with Gasteiger partial charge in [0.1, 0.15) is 16.5 Å². The smallest absolute Gasteiger partial charge is 0.340 e. The van der Waals surface area contributed by atoms with Crippen molar-refractivity contribution in [2.24, 2.45) is 0 Å². The number of phenols is 2. The van der Waals surface area contributed by atoms with Crippen molar-refractivity contribution in [3.8, 4) is 23.0 Å². The molecule has 30 heavy (non-hydrogen) atoms. The van der Waals surface area contributed by atoms with Gasteiger partial charge in [-0.15, -0.1) is 0 Å². The molecule has 2 aliphatic heterocycles. The van der Waals surface area contributed by atoms with Gasteiger partial charge in [0.2, 0.25) is 0 Å². The fraction of sp³-hybridized carbons (Fsp3) is 0.0476. The summed E-state index contributed by atoms with van der Waals surface area (Å²) in [5.74, 6) is -3.16. The van der Waals surface area contributed by atoms with Crippen LogP contribution in [0.4, 0.5) is 0 Å². The Kier molecular flexibility index (Phi) is 3.75. The van der Waals surface area contributed by atoms with Crippen LogP contribution in [0, 0.1) is 0 Å². The zero-order valence-electron chi connectivity index (χ0n) is 14.8. The minimum atomic E-state index is -1.76. The van der Waals surface area contributed by atoms with E-state index in [0.717, 1.165) is 0 Å². The predicted molar refractivity (Wildman–Crippen MR) is 105 cm³/mol. The summed E-state index contributed by atoms with van der Waals surface area (Å²) in [6.45, 7) is 0. The Morgan fingerprint density at radius 3 is 2.47 bits per heavy atom. The highest BCUT2D eigenvalue weighted by atomic mass is 35.5. The predicted octanol–water partition coefficient (Wildman–Crippen LogP) is 4.67. The van der Waals surface area contributed by atoms with E-state index in [1.54, 1.807) is 24.3 Å². The molecule has 2 heterocycles. The standard InChI is InChI=1S/C21H10Cl2O7/c22-15-13(19(26)27)14-18(16(23)17(15)25)29-12-7-8(24)5-6-11(12)21(14)10-4-2-1-3-9(10)20(28)30-21/h1-7,24-25H,(H,26,27). The van der Waals surface area contributed by atoms with Gasteiger partial charge in [-0.2, -0.15) is 0 Å². The number of carbonyl (C=O) groups is 2. The minimum Gasteiger partial charge on any atom is -0.508 e. The van der Waals surface area contributed by atoms with Crippen molar-refractivity contribution in [2.75, 3.05) is 0 Å². The van der Waals surface area contributed by atoms with Gasteiger partial charge in [0.15, 0.2) is 17.1 Å². The molecule has 0 saturated heterocycles. The first kappa shape index (κ1) is 18.6. The second kappa shape index (κ2) is 6.04. The number of rotatable bonds is 1. The quantitative estimate of drug-likeness (QED) is 0.467. The van der Waals surface area contributed by atoms with Crippen LogP contribution >= 0.6 is 23.2 Å². The lowest BCUT2D eigenvalue weighted by molar-refractivity contribution is 0.0215. The van der Waals surface area contributed by atoms with E-state index in [-0.39, 0.29) is 39.0 Å². The third-order valence-corrected chi connectivity index (χ3v) is 5.92. The summed E-state index contributed by atoms with van der Waals surface area (Å²) in [6.07, 6.45) is 0. The summed E-state index contributed by atoms with van der Waals surface area (Å²) < 4.78 is 11.6. The van der Waals surface area contributed by atoms with Gasteiger partial charge >= 0.3 is 11.9 Å². The zero-order valence-corrected chi connectivity index (χ0v) is 16.3. The number of hydrogen-bond acceptors (Lipinski definition) is 6. The summed E-state index contributed by atoms with van der Waals surface area (Å²) >= 11 is 12.4. The number of carboxylic acids is 1. The molecule has 0 fully saturated rings. The molecule has 1 atom stereocenters. The number of hydrogen-bond donors (Lipinski definition) is 3. The third kappa shape index (κ3) is 2.16. The Hall–Kier alpha value is -3.42. The number of aromatic hydroxyl groups is 2. The molecule has 150 valence electrons. The molecular weight excluding hydrogens is 435 g/mol. The number of aromatic carboxylic acids is 1. The van der Waals surface area contributed by atoms with E-state index in [0.29, 0.717) is 5.56 Å². The van der Waals surface area contributed by atoms with Gasteiger partial charge < -0.3 is 24.8 Å². The van der Waals surface area contributed by atoms with Gasteiger partial charge in [0.05, 0.1) is 21.7 Å². The SMILES string of the molecule is O=C1OC2(c3ccc(O)cc3Oc3c(Cl)c(O)c(Cl)c(C(=O)O)c32)c2ccccc21. The topological polar surface area (TPSA) is 113 Å². The second-order valence-corrected chi connectivity index (χ2v) is 7.52. The summed E-state index contributed by atoms with van der Waals surface area (Å²) in [5, 5.41) is 29.3. The van der Waals surface area contributed by atoms with Crippen LogP contribution < -0.4 is 4.74 Å². The molecule has 1 unspecified atom stereocenters. The molecule has 0 amide bonds. The lowest BCUT2D eigenvalue weighted by Gasteiger charge is -2.38. The highest BCUT2D eigenvalue weighted by Gasteiger charge is 2.56. The highest BCUT2D eigenvalue weighted by molar-refractivity contribution is 6.40. The molecule has 0 bridgehead atoms. The number of benzene rings is 3. The Morgan fingerprint density at radius 2 is 1.73 bits per heavy atom. The van der Waals surface area contributed by atoms with Crippen LogP contribution in [-0.2, 0) is 10.3 Å². The zero-order chi connectivity index (χ0) is 21.4. The Morgan fingerprint density at radius 1 is 1.00 bits per heavy atom. The molecule has 1 spiro atoms. The maximum atomic E-state index is 12.8. The highest BCUT2D eigenvalue weighted by Crippen LogP contribution is 2.61. The van der Waals surface area contributed by atoms with Crippen molar-refractivity contribution in [1.29, 1.82) is 0 Å². The summed E-state index contributed by atoms with van der Waals surface area (Å²) in [7, 11) is 0. The number of carbonyl (C=O) groups excluding carboxylic acids is 1. The van der Waals surface area contributed by atoms with Crippen LogP contribution in [-0.4, -0.2) is 27.3 Å². The molecule has 7 nitrogen and oxygen atoms in total. The van der Waals surface area contributed by atoms with Crippen molar-refractivity contribution in [1.82, 2.24) is 0 Å². The second-order valence-electron chi connectivity index (χ2n) is 6.76. The monoisotopic (exact) mass is 444 g/mol. The van der Waals surface area contributed by atoms with Crippen LogP contribution in [0.15, 0.2) is 42.5 Å². The molecule has 0 aromatic heterocycles. The van der Waals surface area contributed by atoms with Gasteiger partial charge in [0, 0.05) is 17.2 Å². The largest absolute Gasteiger partial charge is 0.508 e. The number of fused-ring (bicyclic) bond motifs is 6. The fourth-order valence-electron chi connectivity index (χ4n) is 4.02. The van der Waals surface area contributed by atoms with Gasteiger partial charge in [-0.1, -0.05) is 41.4 Å². The minimum absolute atomic E-state index is 0.0759. The molecule has 3 aromatic rings. The van der Waals surface area contributed by atoms with Crippen molar-refractivity contribution >= 4 is 35.1 Å². The fourth-order valence-corrected chi connectivity index (χ4v) is 4.57. The lowest BCUT2D eigenvalue weighted by atomic mass is 9.75. The van der Waals surface area contributed by atoms with E-state index in [2.05, 4.69) is 0 Å². The summed E-state index contributed by atoms with van der Waals surface area (Å²) in [5.41, 5.74) is -1.56. The van der Waals surface area contributed by atoms with E-state index < -0.39 is 33.9 Å². The van der Waals surface area contributed by atoms with Crippen LogP contribution in [0.5, 0.6) is 23.0 Å². The molecular formula is C21H10Cl2O7. The van der Waals surface area contributed by atoms with E-state index >= 15 is 0 Å². The summed E-state index contributed by atoms with van der Waals surface area (Å²) in [6, 6.07) is 10.6. The number of ether oxygens (including phenoxy) is 2. The average molecular weight is 445 g/mol.